The van der Waals surface area contributed by atoms with Crippen LogP contribution in [0.1, 0.15) is 5.56 Å². The summed E-state index contributed by atoms with van der Waals surface area (Å²) in [5, 5.41) is 2.88. The lowest BCUT2D eigenvalue weighted by molar-refractivity contribution is -0.139. The van der Waals surface area contributed by atoms with Crippen molar-refractivity contribution in [2.75, 3.05) is 12.4 Å². The van der Waals surface area contributed by atoms with Gasteiger partial charge in [0.25, 0.3) is 0 Å². The van der Waals surface area contributed by atoms with Gasteiger partial charge in [-0.15, -0.1) is 0 Å². The zero-order valence-corrected chi connectivity index (χ0v) is 10.8. The maximum atomic E-state index is 13.0. The van der Waals surface area contributed by atoms with Gasteiger partial charge in [-0.1, -0.05) is 12.1 Å². The number of esters is 1. The van der Waals surface area contributed by atoms with E-state index in [1.54, 1.807) is 24.3 Å². The first-order chi connectivity index (χ1) is 9.56. The monoisotopic (exact) mass is 277 g/mol. The van der Waals surface area contributed by atoms with Crippen LogP contribution < -0.4 is 5.32 Å². The molecule has 0 fully saturated rings. The van der Waals surface area contributed by atoms with Gasteiger partial charge in [-0.2, -0.15) is 0 Å². The van der Waals surface area contributed by atoms with E-state index < -0.39 is 11.6 Å². The number of halogens is 2. The Labute approximate surface area is 115 Å². The van der Waals surface area contributed by atoms with E-state index in [1.807, 2.05) is 0 Å². The standard InChI is InChI=1S/C15H13F2NO2/c1-20-15(19)6-10-2-4-13(5-3-10)18-14-8-11(16)7-12(17)9-14/h2-5,7-9,18H,6H2,1H3. The molecule has 0 spiro atoms. The highest BCUT2D eigenvalue weighted by Crippen LogP contribution is 2.19. The fraction of sp³-hybridized carbons (Fsp3) is 0.133. The van der Waals surface area contributed by atoms with Crippen molar-refractivity contribution in [1.29, 1.82) is 0 Å². The van der Waals surface area contributed by atoms with E-state index >= 15 is 0 Å². The number of anilines is 2. The molecule has 0 aliphatic rings. The zero-order chi connectivity index (χ0) is 14.5. The van der Waals surface area contributed by atoms with Crippen molar-refractivity contribution in [3.63, 3.8) is 0 Å². The maximum absolute atomic E-state index is 13.0. The molecule has 0 unspecified atom stereocenters. The highest BCUT2D eigenvalue weighted by Gasteiger charge is 2.04. The van der Waals surface area contributed by atoms with Gasteiger partial charge < -0.3 is 10.1 Å². The number of carbonyl (C=O) groups excluding carboxylic acids is 1. The van der Waals surface area contributed by atoms with Gasteiger partial charge in [0.2, 0.25) is 0 Å². The molecule has 20 heavy (non-hydrogen) atoms. The minimum absolute atomic E-state index is 0.186. The van der Waals surface area contributed by atoms with Gasteiger partial charge in [0.15, 0.2) is 0 Å². The second-order valence-corrected chi connectivity index (χ2v) is 4.23. The summed E-state index contributed by atoms with van der Waals surface area (Å²) in [5.74, 6) is -1.61. The Hall–Kier alpha value is -2.43. The van der Waals surface area contributed by atoms with Gasteiger partial charge in [0.1, 0.15) is 11.6 Å². The first-order valence-electron chi connectivity index (χ1n) is 5.95. The Morgan fingerprint density at radius 2 is 1.65 bits per heavy atom. The molecule has 2 rings (SSSR count). The van der Waals surface area contributed by atoms with Crippen molar-refractivity contribution in [2.24, 2.45) is 0 Å². The summed E-state index contributed by atoms with van der Waals surface area (Å²) in [6, 6.07) is 10.1. The summed E-state index contributed by atoms with van der Waals surface area (Å²) in [5.41, 5.74) is 1.79. The van der Waals surface area contributed by atoms with Crippen LogP contribution in [-0.4, -0.2) is 13.1 Å². The quantitative estimate of drug-likeness (QED) is 0.870. The third-order valence-electron chi connectivity index (χ3n) is 2.68. The molecular formula is C15H13F2NO2. The van der Waals surface area contributed by atoms with E-state index in [2.05, 4.69) is 10.1 Å². The van der Waals surface area contributed by atoms with Crippen molar-refractivity contribution in [2.45, 2.75) is 6.42 Å². The Morgan fingerprint density at radius 1 is 1.05 bits per heavy atom. The molecular weight excluding hydrogens is 264 g/mol. The Bertz CT molecular complexity index is 592. The van der Waals surface area contributed by atoms with Crippen LogP contribution in [0.4, 0.5) is 20.2 Å². The molecule has 0 amide bonds. The summed E-state index contributed by atoms with van der Waals surface area (Å²) in [6.07, 6.45) is 0.186. The number of hydrogen-bond acceptors (Lipinski definition) is 3. The van der Waals surface area contributed by atoms with Crippen LogP contribution in [-0.2, 0) is 16.0 Å². The van der Waals surface area contributed by atoms with Crippen LogP contribution in [0.2, 0.25) is 0 Å². The lowest BCUT2D eigenvalue weighted by Crippen LogP contribution is -2.04. The first kappa shape index (κ1) is 14.0. The van der Waals surface area contributed by atoms with Gasteiger partial charge in [-0.05, 0) is 29.8 Å². The van der Waals surface area contributed by atoms with Crippen molar-refractivity contribution < 1.29 is 18.3 Å². The number of methoxy groups -OCH3 is 1. The molecule has 0 saturated carbocycles. The highest BCUT2D eigenvalue weighted by molar-refractivity contribution is 5.72. The minimum atomic E-state index is -0.644. The molecule has 2 aromatic rings. The Morgan fingerprint density at radius 3 is 2.20 bits per heavy atom. The van der Waals surface area contributed by atoms with Crippen LogP contribution in [0.25, 0.3) is 0 Å². The molecule has 1 N–H and O–H groups in total. The third kappa shape index (κ3) is 3.78. The second-order valence-electron chi connectivity index (χ2n) is 4.23. The summed E-state index contributed by atoms with van der Waals surface area (Å²) in [4.78, 5) is 11.1. The molecule has 3 nitrogen and oxygen atoms in total. The highest BCUT2D eigenvalue weighted by atomic mass is 19.1. The molecule has 2 aromatic carbocycles. The van der Waals surface area contributed by atoms with E-state index in [4.69, 9.17) is 0 Å². The minimum Gasteiger partial charge on any atom is -0.469 e. The van der Waals surface area contributed by atoms with Crippen LogP contribution in [0.5, 0.6) is 0 Å². The molecule has 0 saturated heterocycles. The molecule has 0 heterocycles. The summed E-state index contributed by atoms with van der Waals surface area (Å²) >= 11 is 0. The molecule has 0 atom stereocenters. The van der Waals surface area contributed by atoms with Crippen LogP contribution >= 0.6 is 0 Å². The molecule has 0 radical (unpaired) electrons. The lowest BCUT2D eigenvalue weighted by atomic mass is 10.1. The molecule has 0 aliphatic heterocycles. The van der Waals surface area contributed by atoms with Gasteiger partial charge in [-0.25, -0.2) is 8.78 Å². The van der Waals surface area contributed by atoms with E-state index in [0.29, 0.717) is 11.4 Å². The SMILES string of the molecule is COC(=O)Cc1ccc(Nc2cc(F)cc(F)c2)cc1. The molecule has 0 aliphatic carbocycles. The number of benzene rings is 2. The lowest BCUT2D eigenvalue weighted by Gasteiger charge is -2.08. The summed E-state index contributed by atoms with van der Waals surface area (Å²) < 4.78 is 30.7. The summed E-state index contributed by atoms with van der Waals surface area (Å²) in [7, 11) is 1.33. The average Bonchev–Trinajstić information content (AvgIpc) is 2.39. The predicted molar refractivity (Wildman–Crippen MR) is 71.8 cm³/mol. The largest absolute Gasteiger partial charge is 0.469 e. The number of hydrogen-bond donors (Lipinski definition) is 1. The van der Waals surface area contributed by atoms with Crippen molar-refractivity contribution in [3.05, 3.63) is 59.7 Å². The first-order valence-corrected chi connectivity index (χ1v) is 5.95. The number of rotatable bonds is 4. The maximum Gasteiger partial charge on any atom is 0.309 e. The Kier molecular flexibility index (Phi) is 4.30. The Balaban J connectivity index is 2.08. The average molecular weight is 277 g/mol. The zero-order valence-electron chi connectivity index (χ0n) is 10.8. The van der Waals surface area contributed by atoms with Crippen LogP contribution in [0.15, 0.2) is 42.5 Å². The number of carbonyl (C=O) groups is 1. The second kappa shape index (κ2) is 6.14. The van der Waals surface area contributed by atoms with Crippen molar-refractivity contribution >= 4 is 17.3 Å². The van der Waals surface area contributed by atoms with Gasteiger partial charge >= 0.3 is 5.97 Å². The van der Waals surface area contributed by atoms with E-state index in [0.717, 1.165) is 11.6 Å². The topological polar surface area (TPSA) is 38.3 Å². The normalized spacial score (nSPS) is 10.2. The smallest absolute Gasteiger partial charge is 0.309 e. The molecule has 0 aromatic heterocycles. The fourth-order valence-electron chi connectivity index (χ4n) is 1.74. The van der Waals surface area contributed by atoms with Crippen molar-refractivity contribution in [1.82, 2.24) is 0 Å². The van der Waals surface area contributed by atoms with E-state index in [9.17, 15) is 13.6 Å². The van der Waals surface area contributed by atoms with Gasteiger partial charge in [0, 0.05) is 17.4 Å². The van der Waals surface area contributed by atoms with Crippen LogP contribution in [0, 0.1) is 11.6 Å². The van der Waals surface area contributed by atoms with E-state index in [1.165, 1.54) is 19.2 Å². The van der Waals surface area contributed by atoms with Gasteiger partial charge in [0.05, 0.1) is 13.5 Å². The number of nitrogens with one attached hydrogen (secondary N) is 1. The van der Waals surface area contributed by atoms with Gasteiger partial charge in [-0.3, -0.25) is 4.79 Å². The molecule has 0 bridgehead atoms. The van der Waals surface area contributed by atoms with Crippen molar-refractivity contribution in [3.8, 4) is 0 Å². The molecule has 104 valence electrons. The summed E-state index contributed by atoms with van der Waals surface area (Å²) in [6.45, 7) is 0. The predicted octanol–water partition coefficient (Wildman–Crippen LogP) is 3.42. The van der Waals surface area contributed by atoms with E-state index in [-0.39, 0.29) is 12.4 Å². The molecule has 5 heteroatoms. The third-order valence-corrected chi connectivity index (χ3v) is 2.68. The van der Waals surface area contributed by atoms with Crippen LogP contribution in [0.3, 0.4) is 0 Å². The number of ether oxygens (including phenoxy) is 1. The fourth-order valence-corrected chi connectivity index (χ4v) is 1.74.